The number of ether oxygens (including phenoxy) is 2. The van der Waals surface area contributed by atoms with E-state index in [0.717, 1.165) is 58.3 Å². The zero-order valence-corrected chi connectivity index (χ0v) is 12.4. The Labute approximate surface area is 119 Å². The molecular formula is C15H24O3S. The van der Waals surface area contributed by atoms with Gasteiger partial charge >= 0.3 is 0 Å². The Hall–Kier alpha value is -0.0600. The van der Waals surface area contributed by atoms with E-state index in [2.05, 4.69) is 0 Å². The van der Waals surface area contributed by atoms with Gasteiger partial charge in [-0.25, -0.2) is 0 Å². The van der Waals surface area contributed by atoms with Crippen LogP contribution in [0, 0.1) is 11.8 Å². The van der Waals surface area contributed by atoms with E-state index in [1.807, 2.05) is 11.8 Å². The number of rotatable bonds is 2. The number of thioether (sulfide) groups is 1. The third-order valence-electron chi connectivity index (χ3n) is 4.92. The minimum Gasteiger partial charge on any atom is -0.381 e. The second-order valence-electron chi connectivity index (χ2n) is 6.12. The summed E-state index contributed by atoms with van der Waals surface area (Å²) < 4.78 is 11.5. The van der Waals surface area contributed by atoms with Crippen LogP contribution in [0.5, 0.6) is 0 Å². The molecule has 0 aliphatic carbocycles. The van der Waals surface area contributed by atoms with Gasteiger partial charge in [-0.1, -0.05) is 0 Å². The largest absolute Gasteiger partial charge is 0.381 e. The minimum absolute atomic E-state index is 0.0367. The Morgan fingerprint density at radius 2 is 1.68 bits per heavy atom. The molecule has 1 atom stereocenters. The first kappa shape index (κ1) is 13.9. The molecule has 3 rings (SSSR count). The molecule has 0 bridgehead atoms. The van der Waals surface area contributed by atoms with Crippen molar-refractivity contribution in [1.29, 1.82) is 0 Å². The van der Waals surface area contributed by atoms with Crippen molar-refractivity contribution in [2.45, 2.75) is 44.1 Å². The molecule has 3 fully saturated rings. The Morgan fingerprint density at radius 1 is 1.00 bits per heavy atom. The van der Waals surface area contributed by atoms with Crippen molar-refractivity contribution in [3.63, 3.8) is 0 Å². The van der Waals surface area contributed by atoms with Gasteiger partial charge in [0.1, 0.15) is 5.78 Å². The summed E-state index contributed by atoms with van der Waals surface area (Å²) in [5.41, 5.74) is 0.0367. The Morgan fingerprint density at radius 3 is 2.42 bits per heavy atom. The summed E-state index contributed by atoms with van der Waals surface area (Å²) in [5, 5.41) is 0. The summed E-state index contributed by atoms with van der Waals surface area (Å²) in [6.45, 7) is 2.31. The summed E-state index contributed by atoms with van der Waals surface area (Å²) in [6, 6.07) is 0. The van der Waals surface area contributed by atoms with Gasteiger partial charge in [0, 0.05) is 31.7 Å². The fourth-order valence-electron chi connectivity index (χ4n) is 3.68. The maximum absolute atomic E-state index is 12.7. The lowest BCUT2D eigenvalue weighted by atomic mass is 9.76. The van der Waals surface area contributed by atoms with Crippen molar-refractivity contribution >= 4 is 17.5 Å². The van der Waals surface area contributed by atoms with Gasteiger partial charge in [-0.05, 0) is 50.0 Å². The lowest BCUT2D eigenvalue weighted by Gasteiger charge is -2.43. The van der Waals surface area contributed by atoms with Gasteiger partial charge in [0.25, 0.3) is 0 Å². The molecule has 3 saturated heterocycles. The van der Waals surface area contributed by atoms with Crippen LogP contribution < -0.4 is 0 Å². The molecule has 0 N–H and O–H groups in total. The van der Waals surface area contributed by atoms with E-state index >= 15 is 0 Å². The van der Waals surface area contributed by atoms with Crippen molar-refractivity contribution in [2.24, 2.45) is 11.8 Å². The monoisotopic (exact) mass is 284 g/mol. The SMILES string of the molecule is O=C(C1CCOCC1)C1CCOC2(CCSCC2)C1. The van der Waals surface area contributed by atoms with E-state index < -0.39 is 0 Å². The van der Waals surface area contributed by atoms with E-state index in [4.69, 9.17) is 9.47 Å². The van der Waals surface area contributed by atoms with Gasteiger partial charge in [0.15, 0.2) is 0 Å². The zero-order valence-electron chi connectivity index (χ0n) is 11.6. The fraction of sp³-hybridized carbons (Fsp3) is 0.933. The number of carbonyl (C=O) groups is 1. The van der Waals surface area contributed by atoms with Crippen molar-refractivity contribution in [3.8, 4) is 0 Å². The van der Waals surface area contributed by atoms with Crippen LogP contribution in [-0.2, 0) is 14.3 Å². The van der Waals surface area contributed by atoms with Gasteiger partial charge < -0.3 is 9.47 Å². The lowest BCUT2D eigenvalue weighted by Crippen LogP contribution is -2.45. The zero-order chi connectivity index (χ0) is 13.1. The smallest absolute Gasteiger partial charge is 0.139 e. The van der Waals surface area contributed by atoms with Gasteiger partial charge in [-0.3, -0.25) is 4.79 Å². The first-order valence-corrected chi connectivity index (χ1v) is 8.78. The third kappa shape index (κ3) is 3.17. The predicted molar refractivity (Wildman–Crippen MR) is 76.5 cm³/mol. The van der Waals surface area contributed by atoms with Gasteiger partial charge in [0.2, 0.25) is 0 Å². The maximum atomic E-state index is 12.7. The van der Waals surface area contributed by atoms with Gasteiger partial charge in [-0.2, -0.15) is 11.8 Å². The molecule has 0 aromatic carbocycles. The Kier molecular flexibility index (Phi) is 4.50. The lowest BCUT2D eigenvalue weighted by molar-refractivity contribution is -0.144. The molecule has 0 saturated carbocycles. The van der Waals surface area contributed by atoms with E-state index in [1.165, 1.54) is 11.5 Å². The molecule has 0 amide bonds. The Balaban J connectivity index is 1.62. The maximum Gasteiger partial charge on any atom is 0.139 e. The molecule has 3 aliphatic heterocycles. The predicted octanol–water partition coefficient (Wildman–Crippen LogP) is 2.67. The van der Waals surface area contributed by atoms with E-state index in [1.54, 1.807) is 0 Å². The van der Waals surface area contributed by atoms with Crippen molar-refractivity contribution in [3.05, 3.63) is 0 Å². The topological polar surface area (TPSA) is 35.5 Å². The fourth-order valence-corrected chi connectivity index (χ4v) is 4.91. The number of Topliss-reactive ketones (excluding diaryl/α,β-unsaturated/α-hetero) is 1. The highest BCUT2D eigenvalue weighted by Crippen LogP contribution is 2.41. The molecular weight excluding hydrogens is 260 g/mol. The number of carbonyl (C=O) groups excluding carboxylic acids is 1. The second kappa shape index (κ2) is 6.15. The van der Waals surface area contributed by atoms with Crippen LogP contribution in [0.3, 0.4) is 0 Å². The van der Waals surface area contributed by atoms with Crippen molar-refractivity contribution in [2.75, 3.05) is 31.3 Å². The van der Waals surface area contributed by atoms with Gasteiger partial charge in [0.05, 0.1) is 5.60 Å². The summed E-state index contributed by atoms with van der Waals surface area (Å²) in [4.78, 5) is 12.7. The minimum atomic E-state index is 0.0367. The highest BCUT2D eigenvalue weighted by Gasteiger charge is 2.42. The van der Waals surface area contributed by atoms with E-state index in [0.29, 0.717) is 5.78 Å². The first-order chi connectivity index (χ1) is 9.29. The quantitative estimate of drug-likeness (QED) is 0.781. The second-order valence-corrected chi connectivity index (χ2v) is 7.35. The normalized spacial score (nSPS) is 32.3. The molecule has 3 aliphatic rings. The average Bonchev–Trinajstić information content (AvgIpc) is 2.48. The number of ketones is 1. The molecule has 3 nitrogen and oxygen atoms in total. The molecule has 19 heavy (non-hydrogen) atoms. The van der Waals surface area contributed by atoms with Crippen molar-refractivity contribution in [1.82, 2.24) is 0 Å². The molecule has 4 heteroatoms. The molecule has 1 unspecified atom stereocenters. The van der Waals surface area contributed by atoms with Crippen LogP contribution in [-0.4, -0.2) is 42.7 Å². The molecule has 0 radical (unpaired) electrons. The van der Waals surface area contributed by atoms with E-state index in [-0.39, 0.29) is 17.4 Å². The summed E-state index contributed by atoms with van der Waals surface area (Å²) in [7, 11) is 0. The van der Waals surface area contributed by atoms with Crippen LogP contribution in [0.4, 0.5) is 0 Å². The molecule has 0 aromatic heterocycles. The highest BCUT2D eigenvalue weighted by atomic mass is 32.2. The molecule has 3 heterocycles. The first-order valence-electron chi connectivity index (χ1n) is 7.62. The summed E-state index contributed by atoms with van der Waals surface area (Å²) in [5.74, 6) is 3.40. The number of hydrogen-bond donors (Lipinski definition) is 0. The molecule has 108 valence electrons. The van der Waals surface area contributed by atoms with Crippen LogP contribution in [0.1, 0.15) is 38.5 Å². The van der Waals surface area contributed by atoms with Crippen molar-refractivity contribution < 1.29 is 14.3 Å². The van der Waals surface area contributed by atoms with Crippen LogP contribution in [0.2, 0.25) is 0 Å². The van der Waals surface area contributed by atoms with Crippen LogP contribution in [0.25, 0.3) is 0 Å². The summed E-state index contributed by atoms with van der Waals surface area (Å²) in [6.07, 6.45) is 6.04. The highest BCUT2D eigenvalue weighted by molar-refractivity contribution is 7.99. The van der Waals surface area contributed by atoms with E-state index in [9.17, 15) is 4.79 Å². The Bertz CT molecular complexity index is 314. The average molecular weight is 284 g/mol. The van der Waals surface area contributed by atoms with Gasteiger partial charge in [-0.15, -0.1) is 0 Å². The molecule has 1 spiro atoms. The standard InChI is InChI=1S/C15H24O3S/c16-14(12-1-6-17-7-2-12)13-3-8-18-15(11-13)4-9-19-10-5-15/h12-13H,1-11H2. The third-order valence-corrected chi connectivity index (χ3v) is 5.91. The van der Waals surface area contributed by atoms with Crippen LogP contribution in [0.15, 0.2) is 0 Å². The molecule has 0 aromatic rings. The number of hydrogen-bond acceptors (Lipinski definition) is 4. The summed E-state index contributed by atoms with van der Waals surface area (Å²) >= 11 is 2.02. The van der Waals surface area contributed by atoms with Crippen LogP contribution >= 0.6 is 11.8 Å².